The van der Waals surface area contributed by atoms with Crippen molar-refractivity contribution in [1.29, 1.82) is 0 Å². The first-order valence-corrected chi connectivity index (χ1v) is 5.73. The number of amides is 1. The Kier molecular flexibility index (Phi) is 3.43. The van der Waals surface area contributed by atoms with Gasteiger partial charge in [-0.3, -0.25) is 4.79 Å². The minimum Gasteiger partial charge on any atom is -0.354 e. The molecular formula is C13H16N4O. The third kappa shape index (κ3) is 2.26. The molecule has 0 aliphatic rings. The second-order valence-corrected chi connectivity index (χ2v) is 4.05. The van der Waals surface area contributed by atoms with Gasteiger partial charge in [-0.2, -0.15) is 5.10 Å². The molecule has 0 aliphatic carbocycles. The minimum atomic E-state index is -0.190. The van der Waals surface area contributed by atoms with Gasteiger partial charge >= 0.3 is 0 Å². The molecule has 1 aromatic carbocycles. The first-order chi connectivity index (χ1) is 8.65. The molecule has 2 aromatic rings. The van der Waals surface area contributed by atoms with Gasteiger partial charge in [0.2, 0.25) is 0 Å². The fourth-order valence-electron chi connectivity index (χ4n) is 1.81. The van der Waals surface area contributed by atoms with E-state index < -0.39 is 0 Å². The predicted molar refractivity (Wildman–Crippen MR) is 69.6 cm³/mol. The number of nitrogens with zero attached hydrogens (tertiary/aromatic N) is 2. The Hall–Kier alpha value is -2.14. The molecule has 0 bridgehead atoms. The zero-order valence-corrected chi connectivity index (χ0v) is 10.5. The van der Waals surface area contributed by atoms with Gasteiger partial charge in [-0.1, -0.05) is 12.1 Å². The topological polar surface area (TPSA) is 72.9 Å². The zero-order valence-electron chi connectivity index (χ0n) is 10.5. The summed E-state index contributed by atoms with van der Waals surface area (Å²) in [6.07, 6.45) is 1.77. The number of benzene rings is 1. The third-order valence-corrected chi connectivity index (χ3v) is 2.79. The fourth-order valence-corrected chi connectivity index (χ4v) is 1.81. The molecule has 0 atom stereocenters. The number of hydrogen-bond donors (Lipinski definition) is 2. The first-order valence-electron chi connectivity index (χ1n) is 5.73. The van der Waals surface area contributed by atoms with Crippen molar-refractivity contribution in [3.8, 4) is 5.69 Å². The van der Waals surface area contributed by atoms with E-state index >= 15 is 0 Å². The van der Waals surface area contributed by atoms with Crippen molar-refractivity contribution in [2.75, 3.05) is 7.05 Å². The molecule has 0 aliphatic heterocycles. The van der Waals surface area contributed by atoms with Crippen LogP contribution in [-0.2, 0) is 6.54 Å². The average molecular weight is 244 g/mol. The van der Waals surface area contributed by atoms with Crippen molar-refractivity contribution in [3.63, 3.8) is 0 Å². The lowest BCUT2D eigenvalue weighted by Gasteiger charge is -2.07. The molecule has 1 heterocycles. The molecule has 5 heteroatoms. The van der Waals surface area contributed by atoms with Crippen LogP contribution in [0.5, 0.6) is 0 Å². The highest BCUT2D eigenvalue weighted by molar-refractivity contribution is 5.91. The van der Waals surface area contributed by atoms with Crippen LogP contribution in [0.15, 0.2) is 30.5 Å². The van der Waals surface area contributed by atoms with E-state index in [-0.39, 0.29) is 5.91 Å². The Morgan fingerprint density at radius 1 is 1.44 bits per heavy atom. The summed E-state index contributed by atoms with van der Waals surface area (Å²) in [7, 11) is 1.59. The smallest absolute Gasteiger partial charge is 0.271 e. The third-order valence-electron chi connectivity index (χ3n) is 2.79. The van der Waals surface area contributed by atoms with Crippen LogP contribution in [0.25, 0.3) is 5.69 Å². The highest BCUT2D eigenvalue weighted by Gasteiger charge is 2.09. The molecule has 18 heavy (non-hydrogen) atoms. The molecule has 0 saturated carbocycles. The maximum Gasteiger partial charge on any atom is 0.271 e. The quantitative estimate of drug-likeness (QED) is 0.846. The van der Waals surface area contributed by atoms with Crippen LogP contribution in [0.1, 0.15) is 21.6 Å². The number of hydrogen-bond acceptors (Lipinski definition) is 3. The predicted octanol–water partition coefficient (Wildman–Crippen LogP) is 0.999. The minimum absolute atomic E-state index is 0.190. The Labute approximate surface area is 106 Å². The summed E-state index contributed by atoms with van der Waals surface area (Å²) < 4.78 is 1.69. The van der Waals surface area contributed by atoms with Crippen LogP contribution < -0.4 is 11.1 Å². The second kappa shape index (κ2) is 5.01. The van der Waals surface area contributed by atoms with E-state index in [0.29, 0.717) is 12.2 Å². The Morgan fingerprint density at radius 2 is 2.22 bits per heavy atom. The van der Waals surface area contributed by atoms with Crippen molar-refractivity contribution in [2.45, 2.75) is 13.5 Å². The lowest BCUT2D eigenvalue weighted by atomic mass is 10.1. The molecule has 2 rings (SSSR count). The van der Waals surface area contributed by atoms with Crippen molar-refractivity contribution in [2.24, 2.45) is 5.73 Å². The van der Waals surface area contributed by atoms with Gasteiger partial charge in [-0.15, -0.1) is 0 Å². The zero-order chi connectivity index (χ0) is 13.1. The highest BCUT2D eigenvalue weighted by atomic mass is 16.1. The largest absolute Gasteiger partial charge is 0.354 e. The van der Waals surface area contributed by atoms with Gasteiger partial charge in [0, 0.05) is 19.8 Å². The maximum atomic E-state index is 11.4. The summed E-state index contributed by atoms with van der Waals surface area (Å²) >= 11 is 0. The Morgan fingerprint density at radius 3 is 2.83 bits per heavy atom. The van der Waals surface area contributed by atoms with E-state index in [1.54, 1.807) is 24.0 Å². The number of nitrogens with one attached hydrogen (secondary N) is 1. The maximum absolute atomic E-state index is 11.4. The fraction of sp³-hybridized carbons (Fsp3) is 0.231. The summed E-state index contributed by atoms with van der Waals surface area (Å²) in [6, 6.07) is 7.63. The molecular weight excluding hydrogens is 228 g/mol. The molecule has 3 N–H and O–H groups in total. The molecule has 0 saturated heterocycles. The van der Waals surface area contributed by atoms with E-state index in [2.05, 4.69) is 10.4 Å². The number of aryl methyl sites for hydroxylation is 1. The molecule has 0 radical (unpaired) electrons. The van der Waals surface area contributed by atoms with E-state index in [0.717, 1.165) is 16.8 Å². The molecule has 94 valence electrons. The van der Waals surface area contributed by atoms with Gasteiger partial charge in [-0.25, -0.2) is 4.68 Å². The molecule has 0 fully saturated rings. The SMILES string of the molecule is CNC(=O)c1ccn(-c2ccc(CN)cc2C)n1. The normalized spacial score (nSPS) is 10.4. The van der Waals surface area contributed by atoms with Gasteiger partial charge < -0.3 is 11.1 Å². The molecule has 0 spiro atoms. The van der Waals surface area contributed by atoms with Gasteiger partial charge in [0.15, 0.2) is 5.69 Å². The van der Waals surface area contributed by atoms with Gasteiger partial charge in [-0.05, 0) is 30.2 Å². The van der Waals surface area contributed by atoms with Gasteiger partial charge in [0.1, 0.15) is 0 Å². The van der Waals surface area contributed by atoms with Gasteiger partial charge in [0.05, 0.1) is 5.69 Å². The van der Waals surface area contributed by atoms with Crippen molar-refractivity contribution < 1.29 is 4.79 Å². The van der Waals surface area contributed by atoms with E-state index in [4.69, 9.17) is 5.73 Å². The summed E-state index contributed by atoms with van der Waals surface area (Å²) in [4.78, 5) is 11.4. The molecule has 1 amide bonds. The summed E-state index contributed by atoms with van der Waals surface area (Å²) in [5.41, 5.74) is 9.10. The summed E-state index contributed by atoms with van der Waals surface area (Å²) in [6.45, 7) is 2.51. The van der Waals surface area contributed by atoms with Crippen LogP contribution >= 0.6 is 0 Å². The summed E-state index contributed by atoms with van der Waals surface area (Å²) in [5.74, 6) is -0.190. The van der Waals surface area contributed by atoms with E-state index in [1.807, 2.05) is 25.1 Å². The number of aromatic nitrogens is 2. The van der Waals surface area contributed by atoms with Crippen molar-refractivity contribution in [1.82, 2.24) is 15.1 Å². The standard InChI is InChI=1S/C13H16N4O/c1-9-7-10(8-14)3-4-12(9)17-6-5-11(16-17)13(18)15-2/h3-7H,8,14H2,1-2H3,(H,15,18). The monoisotopic (exact) mass is 244 g/mol. The Bertz CT molecular complexity index is 574. The Balaban J connectivity index is 2.37. The first kappa shape index (κ1) is 12.3. The van der Waals surface area contributed by atoms with Gasteiger partial charge in [0.25, 0.3) is 5.91 Å². The van der Waals surface area contributed by atoms with Crippen LogP contribution in [0.3, 0.4) is 0 Å². The second-order valence-electron chi connectivity index (χ2n) is 4.05. The van der Waals surface area contributed by atoms with Crippen LogP contribution in [-0.4, -0.2) is 22.7 Å². The number of carbonyl (C=O) groups excluding carboxylic acids is 1. The van der Waals surface area contributed by atoms with Crippen molar-refractivity contribution >= 4 is 5.91 Å². The van der Waals surface area contributed by atoms with Crippen LogP contribution in [0, 0.1) is 6.92 Å². The average Bonchev–Trinajstić information content (AvgIpc) is 2.87. The highest BCUT2D eigenvalue weighted by Crippen LogP contribution is 2.15. The lowest BCUT2D eigenvalue weighted by molar-refractivity contribution is 0.0957. The molecule has 5 nitrogen and oxygen atoms in total. The van der Waals surface area contributed by atoms with Crippen molar-refractivity contribution in [3.05, 3.63) is 47.3 Å². The number of nitrogens with two attached hydrogens (primary N) is 1. The van der Waals surface area contributed by atoms with E-state index in [9.17, 15) is 4.79 Å². The summed E-state index contributed by atoms with van der Waals surface area (Å²) in [5, 5.41) is 6.79. The van der Waals surface area contributed by atoms with Crippen LogP contribution in [0.2, 0.25) is 0 Å². The molecule has 0 unspecified atom stereocenters. The number of rotatable bonds is 3. The lowest BCUT2D eigenvalue weighted by Crippen LogP contribution is -2.18. The van der Waals surface area contributed by atoms with Crippen LogP contribution in [0.4, 0.5) is 0 Å². The molecule has 1 aromatic heterocycles. The van der Waals surface area contributed by atoms with E-state index in [1.165, 1.54) is 0 Å². The number of carbonyl (C=O) groups is 1.